The largest absolute Gasteiger partial charge is 0.486 e. The van der Waals surface area contributed by atoms with E-state index < -0.39 is 0 Å². The highest BCUT2D eigenvalue weighted by molar-refractivity contribution is 5.91. The predicted molar refractivity (Wildman–Crippen MR) is 74.5 cm³/mol. The SMILES string of the molecule is O=C(NC1CCC1)c1ccc(COc2ccc(F)cc2)o1. The van der Waals surface area contributed by atoms with Crippen LogP contribution in [0.15, 0.2) is 40.8 Å². The normalized spacial score (nSPS) is 14.5. The second-order valence-electron chi connectivity index (χ2n) is 5.11. The average molecular weight is 289 g/mol. The van der Waals surface area contributed by atoms with E-state index in [1.165, 1.54) is 18.6 Å². The van der Waals surface area contributed by atoms with E-state index in [1.807, 2.05) is 0 Å². The maximum Gasteiger partial charge on any atom is 0.287 e. The molecule has 1 heterocycles. The van der Waals surface area contributed by atoms with E-state index in [0.29, 0.717) is 17.3 Å². The van der Waals surface area contributed by atoms with Crippen LogP contribution in [-0.4, -0.2) is 11.9 Å². The Labute approximate surface area is 121 Å². The topological polar surface area (TPSA) is 51.5 Å². The molecule has 1 aromatic carbocycles. The summed E-state index contributed by atoms with van der Waals surface area (Å²) < 4.78 is 23.7. The van der Waals surface area contributed by atoms with E-state index in [1.54, 1.807) is 24.3 Å². The summed E-state index contributed by atoms with van der Waals surface area (Å²) in [6.07, 6.45) is 3.24. The highest BCUT2D eigenvalue weighted by atomic mass is 19.1. The second kappa shape index (κ2) is 5.99. The molecule has 1 N–H and O–H groups in total. The van der Waals surface area contributed by atoms with Crippen LogP contribution >= 0.6 is 0 Å². The van der Waals surface area contributed by atoms with Crippen LogP contribution in [-0.2, 0) is 6.61 Å². The van der Waals surface area contributed by atoms with Gasteiger partial charge in [0.15, 0.2) is 5.76 Å². The lowest BCUT2D eigenvalue weighted by molar-refractivity contribution is 0.0884. The van der Waals surface area contributed by atoms with Gasteiger partial charge in [0.2, 0.25) is 0 Å². The van der Waals surface area contributed by atoms with Crippen LogP contribution < -0.4 is 10.1 Å². The van der Waals surface area contributed by atoms with Gasteiger partial charge in [-0.2, -0.15) is 0 Å². The molecule has 0 radical (unpaired) electrons. The summed E-state index contributed by atoms with van der Waals surface area (Å²) in [7, 11) is 0. The fourth-order valence-corrected chi connectivity index (χ4v) is 2.07. The van der Waals surface area contributed by atoms with Gasteiger partial charge in [-0.15, -0.1) is 0 Å². The average Bonchev–Trinajstić information content (AvgIpc) is 2.91. The first-order valence-electron chi connectivity index (χ1n) is 6.98. The molecule has 0 bridgehead atoms. The van der Waals surface area contributed by atoms with E-state index in [2.05, 4.69) is 5.32 Å². The number of amides is 1. The number of benzene rings is 1. The molecule has 1 aromatic heterocycles. The monoisotopic (exact) mass is 289 g/mol. The van der Waals surface area contributed by atoms with Crippen LogP contribution in [0.25, 0.3) is 0 Å². The lowest BCUT2D eigenvalue weighted by Crippen LogP contribution is -2.39. The van der Waals surface area contributed by atoms with Crippen LogP contribution in [0, 0.1) is 5.82 Å². The minimum atomic E-state index is -0.310. The maximum atomic E-state index is 12.8. The third-order valence-corrected chi connectivity index (χ3v) is 3.52. The number of carbonyl (C=O) groups excluding carboxylic acids is 1. The number of hydrogen-bond donors (Lipinski definition) is 1. The Bertz CT molecular complexity index is 617. The maximum absolute atomic E-state index is 12.8. The molecule has 1 aliphatic carbocycles. The van der Waals surface area contributed by atoms with Gasteiger partial charge < -0.3 is 14.5 Å². The van der Waals surface area contributed by atoms with Crippen LogP contribution in [0.1, 0.15) is 35.6 Å². The predicted octanol–water partition coefficient (Wildman–Crippen LogP) is 3.28. The fraction of sp³-hybridized carbons (Fsp3) is 0.312. The molecule has 0 unspecified atom stereocenters. The molecule has 110 valence electrons. The van der Waals surface area contributed by atoms with Crippen molar-refractivity contribution < 1.29 is 18.3 Å². The lowest BCUT2D eigenvalue weighted by Gasteiger charge is -2.25. The van der Waals surface area contributed by atoms with Crippen molar-refractivity contribution in [2.24, 2.45) is 0 Å². The molecule has 1 aliphatic rings. The minimum Gasteiger partial charge on any atom is -0.486 e. The molecule has 2 aromatic rings. The van der Waals surface area contributed by atoms with Crippen molar-refractivity contribution in [3.8, 4) is 5.75 Å². The Balaban J connectivity index is 1.54. The molecule has 4 nitrogen and oxygen atoms in total. The summed E-state index contributed by atoms with van der Waals surface area (Å²) >= 11 is 0. The van der Waals surface area contributed by atoms with Gasteiger partial charge in [0.05, 0.1) is 0 Å². The molecule has 0 aliphatic heterocycles. The van der Waals surface area contributed by atoms with Crippen LogP contribution in [0.4, 0.5) is 4.39 Å². The molecule has 21 heavy (non-hydrogen) atoms. The van der Waals surface area contributed by atoms with Crippen LogP contribution in [0.5, 0.6) is 5.75 Å². The molecule has 0 spiro atoms. The molecule has 1 amide bonds. The van der Waals surface area contributed by atoms with Crippen molar-refractivity contribution in [2.75, 3.05) is 0 Å². The molecular formula is C16H16FNO3. The van der Waals surface area contributed by atoms with Gasteiger partial charge in [0.25, 0.3) is 5.91 Å². The van der Waals surface area contributed by atoms with Gasteiger partial charge in [-0.3, -0.25) is 4.79 Å². The summed E-state index contributed by atoms with van der Waals surface area (Å²) in [6, 6.07) is 9.37. The number of rotatable bonds is 5. The number of carbonyl (C=O) groups is 1. The van der Waals surface area contributed by atoms with Gasteiger partial charge >= 0.3 is 0 Å². The lowest BCUT2D eigenvalue weighted by atomic mass is 9.93. The van der Waals surface area contributed by atoms with E-state index in [4.69, 9.17) is 9.15 Å². The molecule has 1 fully saturated rings. The zero-order valence-electron chi connectivity index (χ0n) is 11.5. The number of furan rings is 1. The van der Waals surface area contributed by atoms with Crippen molar-refractivity contribution in [3.05, 3.63) is 53.7 Å². The first-order valence-corrected chi connectivity index (χ1v) is 6.98. The molecule has 0 atom stereocenters. The Morgan fingerprint density at radius 2 is 2.00 bits per heavy atom. The van der Waals surface area contributed by atoms with E-state index >= 15 is 0 Å². The Morgan fingerprint density at radius 3 is 2.67 bits per heavy atom. The summed E-state index contributed by atoms with van der Waals surface area (Å²) in [5, 5.41) is 2.91. The molecule has 5 heteroatoms. The Morgan fingerprint density at radius 1 is 1.24 bits per heavy atom. The first kappa shape index (κ1) is 13.7. The van der Waals surface area contributed by atoms with Gasteiger partial charge in [0, 0.05) is 6.04 Å². The Hall–Kier alpha value is -2.30. The van der Waals surface area contributed by atoms with Gasteiger partial charge in [0.1, 0.15) is 23.9 Å². The summed E-state index contributed by atoms with van der Waals surface area (Å²) in [5.41, 5.74) is 0. The number of halogens is 1. The molecule has 1 saturated carbocycles. The summed E-state index contributed by atoms with van der Waals surface area (Å²) in [6.45, 7) is 0.197. The number of nitrogens with one attached hydrogen (secondary N) is 1. The summed E-state index contributed by atoms with van der Waals surface area (Å²) in [5.74, 6) is 0.897. The standard InChI is InChI=1S/C16H16FNO3/c17-11-4-6-13(7-5-11)20-10-14-8-9-15(21-14)16(19)18-12-2-1-3-12/h4-9,12H,1-3,10H2,(H,18,19). The second-order valence-corrected chi connectivity index (χ2v) is 5.11. The third kappa shape index (κ3) is 3.42. The van der Waals surface area contributed by atoms with Crippen molar-refractivity contribution in [2.45, 2.75) is 31.9 Å². The smallest absolute Gasteiger partial charge is 0.287 e. The van der Waals surface area contributed by atoms with E-state index in [9.17, 15) is 9.18 Å². The van der Waals surface area contributed by atoms with Gasteiger partial charge in [-0.05, 0) is 55.7 Å². The first-order chi connectivity index (χ1) is 10.2. The van der Waals surface area contributed by atoms with E-state index in [0.717, 1.165) is 12.8 Å². The zero-order chi connectivity index (χ0) is 14.7. The van der Waals surface area contributed by atoms with Crippen molar-refractivity contribution in [3.63, 3.8) is 0 Å². The van der Waals surface area contributed by atoms with Crippen LogP contribution in [0.3, 0.4) is 0 Å². The zero-order valence-corrected chi connectivity index (χ0v) is 11.5. The summed E-state index contributed by atoms with van der Waals surface area (Å²) in [4.78, 5) is 11.9. The molecular weight excluding hydrogens is 273 g/mol. The molecule has 0 saturated heterocycles. The van der Waals surface area contributed by atoms with Crippen LogP contribution in [0.2, 0.25) is 0 Å². The highest BCUT2D eigenvalue weighted by Gasteiger charge is 2.21. The number of hydrogen-bond acceptors (Lipinski definition) is 3. The van der Waals surface area contributed by atoms with Crippen molar-refractivity contribution in [1.29, 1.82) is 0 Å². The molecule has 3 rings (SSSR count). The van der Waals surface area contributed by atoms with E-state index in [-0.39, 0.29) is 24.4 Å². The number of ether oxygens (including phenoxy) is 1. The highest BCUT2D eigenvalue weighted by Crippen LogP contribution is 2.19. The van der Waals surface area contributed by atoms with Gasteiger partial charge in [-0.25, -0.2) is 4.39 Å². The third-order valence-electron chi connectivity index (χ3n) is 3.52. The minimum absolute atomic E-state index is 0.187. The fourth-order valence-electron chi connectivity index (χ4n) is 2.07. The van der Waals surface area contributed by atoms with Crippen molar-refractivity contribution in [1.82, 2.24) is 5.32 Å². The Kier molecular flexibility index (Phi) is 3.90. The van der Waals surface area contributed by atoms with Gasteiger partial charge in [-0.1, -0.05) is 0 Å². The van der Waals surface area contributed by atoms with Crippen molar-refractivity contribution >= 4 is 5.91 Å². The quantitative estimate of drug-likeness (QED) is 0.919.